The van der Waals surface area contributed by atoms with Crippen molar-refractivity contribution in [1.29, 1.82) is 0 Å². The molecule has 1 aliphatic heterocycles. The minimum Gasteiger partial charge on any atom is -0.350 e. The fourth-order valence-corrected chi connectivity index (χ4v) is 7.54. The van der Waals surface area contributed by atoms with Crippen molar-refractivity contribution in [3.8, 4) is 0 Å². The van der Waals surface area contributed by atoms with E-state index in [9.17, 15) is 4.79 Å². The predicted octanol–water partition coefficient (Wildman–Crippen LogP) is 2.17. The van der Waals surface area contributed by atoms with Gasteiger partial charge in [0.2, 0.25) is 5.91 Å². The van der Waals surface area contributed by atoms with Crippen LogP contribution in [0, 0.1) is 22.2 Å². The Morgan fingerprint density at radius 3 is 2.26 bits per heavy atom. The van der Waals surface area contributed by atoms with Crippen LogP contribution in [0.4, 0.5) is 0 Å². The Bertz CT molecular complexity index is 464. The van der Waals surface area contributed by atoms with E-state index >= 15 is 0 Å². The molecule has 4 aliphatic carbocycles. The molecule has 23 heavy (non-hydrogen) atoms. The highest BCUT2D eigenvalue weighted by Crippen LogP contribution is 2.69. The molecule has 130 valence electrons. The van der Waals surface area contributed by atoms with Gasteiger partial charge in [-0.15, -0.1) is 0 Å². The minimum atomic E-state index is -0.0276. The van der Waals surface area contributed by atoms with Crippen LogP contribution in [-0.2, 0) is 4.79 Å². The summed E-state index contributed by atoms with van der Waals surface area (Å²) in [5.41, 5.74) is 0.841. The molecule has 4 bridgehead atoms. The number of piperidine rings is 1. The molecular weight excluding hydrogens is 284 g/mol. The fraction of sp³-hybridized carbons (Fsp3) is 0.950. The maximum absolute atomic E-state index is 13.1. The molecule has 0 aromatic heterocycles. The molecule has 4 saturated carbocycles. The van der Waals surface area contributed by atoms with Crippen molar-refractivity contribution < 1.29 is 9.69 Å². The lowest BCUT2D eigenvalue weighted by Crippen LogP contribution is -3.13. The highest BCUT2D eigenvalue weighted by molar-refractivity contribution is 5.83. The van der Waals surface area contributed by atoms with E-state index in [-0.39, 0.29) is 5.41 Å². The normalized spacial score (nSPS) is 46.1. The maximum Gasteiger partial charge on any atom is 0.226 e. The average Bonchev–Trinajstić information content (AvgIpc) is 2.44. The Labute approximate surface area is 141 Å². The maximum atomic E-state index is 13.1. The third-order valence-electron chi connectivity index (χ3n) is 7.43. The summed E-state index contributed by atoms with van der Waals surface area (Å²) in [6.07, 6.45) is 11.7. The van der Waals surface area contributed by atoms with Crippen LogP contribution in [0.1, 0.15) is 71.6 Å². The van der Waals surface area contributed by atoms with Gasteiger partial charge in [0.05, 0.1) is 31.6 Å². The smallest absolute Gasteiger partial charge is 0.226 e. The number of amides is 1. The van der Waals surface area contributed by atoms with Crippen LogP contribution in [0.5, 0.6) is 0 Å². The Morgan fingerprint density at radius 1 is 1.00 bits per heavy atom. The summed E-state index contributed by atoms with van der Waals surface area (Å²) in [6, 6.07) is 0. The Morgan fingerprint density at radius 2 is 1.65 bits per heavy atom. The van der Waals surface area contributed by atoms with Gasteiger partial charge in [0.25, 0.3) is 0 Å². The molecule has 5 aliphatic rings. The molecule has 3 heteroatoms. The van der Waals surface area contributed by atoms with Crippen LogP contribution in [0.2, 0.25) is 0 Å². The molecule has 5 rings (SSSR count). The Balaban J connectivity index is 1.38. The van der Waals surface area contributed by atoms with Gasteiger partial charge in [-0.25, -0.2) is 0 Å². The summed E-state index contributed by atoms with van der Waals surface area (Å²) < 4.78 is 0. The topological polar surface area (TPSA) is 33.5 Å². The quantitative estimate of drug-likeness (QED) is 0.818. The molecular formula is C20H35N2O+. The highest BCUT2D eigenvalue weighted by atomic mass is 16.2. The van der Waals surface area contributed by atoms with E-state index in [1.807, 2.05) is 0 Å². The third-order valence-corrected chi connectivity index (χ3v) is 7.43. The van der Waals surface area contributed by atoms with Gasteiger partial charge in [0, 0.05) is 0 Å². The summed E-state index contributed by atoms with van der Waals surface area (Å²) in [6.45, 7) is 9.53. The van der Waals surface area contributed by atoms with Crippen LogP contribution < -0.4 is 10.2 Å². The number of carbonyl (C=O) groups is 1. The lowest BCUT2D eigenvalue weighted by molar-refractivity contribution is -0.903. The Kier molecular flexibility index (Phi) is 3.79. The van der Waals surface area contributed by atoms with E-state index in [2.05, 4.69) is 19.2 Å². The summed E-state index contributed by atoms with van der Waals surface area (Å²) in [7, 11) is 0. The molecule has 0 radical (unpaired) electrons. The number of rotatable bonds is 4. The van der Waals surface area contributed by atoms with E-state index in [1.165, 1.54) is 58.0 Å². The molecule has 5 fully saturated rings. The lowest BCUT2D eigenvalue weighted by atomic mass is 9.40. The zero-order valence-electron chi connectivity index (χ0n) is 15.2. The third kappa shape index (κ3) is 2.94. The second-order valence-corrected chi connectivity index (χ2v) is 10.2. The van der Waals surface area contributed by atoms with Crippen molar-refractivity contribution in [1.82, 2.24) is 5.32 Å². The van der Waals surface area contributed by atoms with Crippen LogP contribution in [0.3, 0.4) is 0 Å². The largest absolute Gasteiger partial charge is 0.350 e. The lowest BCUT2D eigenvalue weighted by Gasteiger charge is -2.64. The molecule has 2 N–H and O–H groups in total. The highest BCUT2D eigenvalue weighted by Gasteiger charge is 2.62. The van der Waals surface area contributed by atoms with Crippen molar-refractivity contribution in [3.05, 3.63) is 0 Å². The van der Waals surface area contributed by atoms with Crippen LogP contribution in [0.25, 0.3) is 0 Å². The number of hydrogen-bond acceptors (Lipinski definition) is 1. The zero-order valence-corrected chi connectivity index (χ0v) is 15.2. The van der Waals surface area contributed by atoms with Gasteiger partial charge < -0.3 is 10.2 Å². The number of nitrogens with one attached hydrogen (secondary N) is 2. The van der Waals surface area contributed by atoms with E-state index in [4.69, 9.17) is 0 Å². The summed E-state index contributed by atoms with van der Waals surface area (Å²) in [5.74, 6) is 1.20. The zero-order chi connectivity index (χ0) is 16.1. The van der Waals surface area contributed by atoms with Crippen molar-refractivity contribution in [2.75, 3.05) is 26.2 Å². The summed E-state index contributed by atoms with van der Waals surface area (Å²) >= 11 is 0. The average molecular weight is 320 g/mol. The van der Waals surface area contributed by atoms with Gasteiger partial charge in [-0.3, -0.25) is 4.79 Å². The van der Waals surface area contributed by atoms with E-state index < -0.39 is 0 Å². The van der Waals surface area contributed by atoms with E-state index in [0.717, 1.165) is 31.8 Å². The first-order valence-corrected chi connectivity index (χ1v) is 10.0. The van der Waals surface area contributed by atoms with E-state index in [1.54, 1.807) is 4.90 Å². The van der Waals surface area contributed by atoms with Crippen LogP contribution in [0.15, 0.2) is 0 Å². The fourth-order valence-electron chi connectivity index (χ4n) is 7.54. The first-order valence-electron chi connectivity index (χ1n) is 10.0. The molecule has 1 saturated heterocycles. The van der Waals surface area contributed by atoms with Gasteiger partial charge in [0.15, 0.2) is 0 Å². The minimum absolute atomic E-state index is 0.0276. The standard InChI is InChI=1S/C20H34N2O/c1-18-10-16-11-19(2,13-18)15-20(12-16,14-18)17(23)21-6-9-22-7-4-3-5-8-22/h16H,3-15H2,1-2H3,(H,21,23)/p+1/t16?,18-,19+,20?. The van der Waals surface area contributed by atoms with Crippen LogP contribution >= 0.6 is 0 Å². The molecule has 3 nitrogen and oxygen atoms in total. The monoisotopic (exact) mass is 319 g/mol. The molecule has 0 aromatic rings. The molecule has 0 aromatic carbocycles. The number of hydrogen-bond donors (Lipinski definition) is 2. The molecule has 1 amide bonds. The Hall–Kier alpha value is -0.570. The van der Waals surface area contributed by atoms with Gasteiger partial charge in [-0.05, 0) is 74.5 Å². The summed E-state index contributed by atoms with van der Waals surface area (Å²) in [5, 5.41) is 3.36. The summed E-state index contributed by atoms with van der Waals surface area (Å²) in [4.78, 5) is 14.8. The first-order chi connectivity index (χ1) is 10.9. The molecule has 0 spiro atoms. The number of carbonyl (C=O) groups excluding carboxylic acids is 1. The second kappa shape index (κ2) is 5.47. The van der Waals surface area contributed by atoms with Crippen LogP contribution in [-0.4, -0.2) is 32.1 Å². The number of quaternary nitrogens is 1. The SMILES string of the molecule is C[C@]12CC3CC(C(=O)NCC[NH+]4CCCCC4)(C1)C[C@@](C)(C3)C2. The second-order valence-electron chi connectivity index (χ2n) is 10.2. The van der Waals surface area contributed by atoms with Gasteiger partial charge >= 0.3 is 0 Å². The van der Waals surface area contributed by atoms with Gasteiger partial charge in [-0.2, -0.15) is 0 Å². The molecule has 2 unspecified atom stereocenters. The first kappa shape index (κ1) is 15.9. The van der Waals surface area contributed by atoms with Crippen molar-refractivity contribution in [2.45, 2.75) is 71.6 Å². The van der Waals surface area contributed by atoms with Crippen molar-refractivity contribution >= 4 is 5.91 Å². The van der Waals surface area contributed by atoms with Gasteiger partial charge in [0.1, 0.15) is 0 Å². The predicted molar refractivity (Wildman–Crippen MR) is 92.3 cm³/mol. The molecule has 4 atom stereocenters. The van der Waals surface area contributed by atoms with Gasteiger partial charge in [-0.1, -0.05) is 13.8 Å². The van der Waals surface area contributed by atoms with E-state index in [0.29, 0.717) is 16.7 Å². The number of likely N-dealkylation sites (tertiary alicyclic amines) is 1. The molecule has 1 heterocycles. The van der Waals surface area contributed by atoms with Crippen molar-refractivity contribution in [3.63, 3.8) is 0 Å². The van der Waals surface area contributed by atoms with Crippen molar-refractivity contribution in [2.24, 2.45) is 22.2 Å².